The fraction of sp³-hybridized carbons (Fsp3) is 0.375. The summed E-state index contributed by atoms with van der Waals surface area (Å²) in [4.78, 5) is 11.1. The van der Waals surface area contributed by atoms with Crippen LogP contribution in [0.25, 0.3) is 0 Å². The summed E-state index contributed by atoms with van der Waals surface area (Å²) in [7, 11) is 0. The third kappa shape index (κ3) is 3.46. The normalized spacial score (nSPS) is 14.7. The fourth-order valence-electron chi connectivity index (χ4n) is 2.32. The molecule has 1 aliphatic heterocycles. The minimum Gasteiger partial charge on any atom is -0.492 e. The minimum atomic E-state index is 0.626. The third-order valence-corrected chi connectivity index (χ3v) is 3.39. The van der Waals surface area contributed by atoms with Gasteiger partial charge in [-0.05, 0) is 25.1 Å². The minimum absolute atomic E-state index is 0.626. The van der Waals surface area contributed by atoms with Crippen molar-refractivity contribution in [3.05, 3.63) is 36.5 Å². The van der Waals surface area contributed by atoms with Gasteiger partial charge in [0.25, 0.3) is 0 Å². The van der Waals surface area contributed by atoms with Crippen molar-refractivity contribution in [3.63, 3.8) is 0 Å². The molecule has 2 aromatic rings. The van der Waals surface area contributed by atoms with Crippen LogP contribution in [0.15, 0.2) is 36.5 Å². The molecule has 0 bridgehead atoms. The SMILES string of the molecule is CCOc1ccccc1Nc1ccnc(N2CCOCC2)n1. The van der Waals surface area contributed by atoms with E-state index in [1.807, 2.05) is 37.3 Å². The summed E-state index contributed by atoms with van der Waals surface area (Å²) in [6.45, 7) is 5.67. The van der Waals surface area contributed by atoms with Gasteiger partial charge in [0.05, 0.1) is 25.5 Å². The molecule has 1 aromatic carbocycles. The molecular formula is C16H20N4O2. The molecule has 0 unspecified atom stereocenters. The van der Waals surface area contributed by atoms with E-state index >= 15 is 0 Å². The molecule has 116 valence electrons. The Morgan fingerprint density at radius 1 is 1.23 bits per heavy atom. The van der Waals surface area contributed by atoms with Crippen molar-refractivity contribution in [2.75, 3.05) is 43.1 Å². The molecule has 6 nitrogen and oxygen atoms in total. The Balaban J connectivity index is 1.78. The summed E-state index contributed by atoms with van der Waals surface area (Å²) in [5.41, 5.74) is 0.899. The second-order valence-electron chi connectivity index (χ2n) is 4.90. The Morgan fingerprint density at radius 3 is 2.86 bits per heavy atom. The third-order valence-electron chi connectivity index (χ3n) is 3.39. The first-order chi connectivity index (χ1) is 10.9. The molecule has 0 saturated carbocycles. The topological polar surface area (TPSA) is 59.5 Å². The first-order valence-electron chi connectivity index (χ1n) is 7.51. The van der Waals surface area contributed by atoms with Crippen LogP contribution in [0, 0.1) is 0 Å². The number of para-hydroxylation sites is 2. The molecule has 0 spiro atoms. The number of nitrogens with zero attached hydrogens (tertiary/aromatic N) is 3. The Hall–Kier alpha value is -2.34. The lowest BCUT2D eigenvalue weighted by Crippen LogP contribution is -2.37. The second kappa shape index (κ2) is 7.09. The number of rotatable bonds is 5. The van der Waals surface area contributed by atoms with Crippen molar-refractivity contribution in [1.82, 2.24) is 9.97 Å². The highest BCUT2D eigenvalue weighted by atomic mass is 16.5. The highest BCUT2D eigenvalue weighted by Gasteiger charge is 2.14. The average molecular weight is 300 g/mol. The van der Waals surface area contributed by atoms with E-state index in [4.69, 9.17) is 9.47 Å². The van der Waals surface area contributed by atoms with Gasteiger partial charge >= 0.3 is 0 Å². The number of ether oxygens (including phenoxy) is 2. The second-order valence-corrected chi connectivity index (χ2v) is 4.90. The zero-order chi connectivity index (χ0) is 15.2. The number of hydrogen-bond donors (Lipinski definition) is 1. The Kier molecular flexibility index (Phi) is 4.70. The lowest BCUT2D eigenvalue weighted by molar-refractivity contribution is 0.122. The summed E-state index contributed by atoms with van der Waals surface area (Å²) < 4.78 is 11.0. The molecule has 0 aliphatic carbocycles. The smallest absolute Gasteiger partial charge is 0.227 e. The van der Waals surface area contributed by atoms with Gasteiger partial charge in [-0.25, -0.2) is 4.98 Å². The highest BCUT2D eigenvalue weighted by molar-refractivity contribution is 5.64. The van der Waals surface area contributed by atoms with Gasteiger partial charge in [-0.3, -0.25) is 0 Å². The van der Waals surface area contributed by atoms with Gasteiger partial charge in [-0.2, -0.15) is 4.98 Å². The molecule has 3 rings (SSSR count). The van der Waals surface area contributed by atoms with E-state index in [2.05, 4.69) is 20.2 Å². The van der Waals surface area contributed by atoms with Crippen LogP contribution in [0.2, 0.25) is 0 Å². The van der Waals surface area contributed by atoms with Gasteiger partial charge in [-0.15, -0.1) is 0 Å². The molecule has 6 heteroatoms. The zero-order valence-electron chi connectivity index (χ0n) is 12.7. The number of aromatic nitrogens is 2. The molecule has 1 saturated heterocycles. The van der Waals surface area contributed by atoms with Gasteiger partial charge in [0.15, 0.2) is 0 Å². The van der Waals surface area contributed by atoms with E-state index in [-0.39, 0.29) is 0 Å². The van der Waals surface area contributed by atoms with Gasteiger partial charge in [0.1, 0.15) is 11.6 Å². The number of morpholine rings is 1. The van der Waals surface area contributed by atoms with Crippen LogP contribution >= 0.6 is 0 Å². The van der Waals surface area contributed by atoms with Crippen LogP contribution in [0.5, 0.6) is 5.75 Å². The fourth-order valence-corrected chi connectivity index (χ4v) is 2.32. The van der Waals surface area contributed by atoms with E-state index in [9.17, 15) is 0 Å². The Bertz CT molecular complexity index is 615. The number of hydrogen-bond acceptors (Lipinski definition) is 6. The van der Waals surface area contributed by atoms with Crippen LogP contribution in [-0.4, -0.2) is 42.9 Å². The first-order valence-corrected chi connectivity index (χ1v) is 7.51. The lowest BCUT2D eigenvalue weighted by Gasteiger charge is -2.26. The van der Waals surface area contributed by atoms with Gasteiger partial charge < -0.3 is 19.7 Å². The van der Waals surface area contributed by atoms with Crippen LogP contribution in [0.4, 0.5) is 17.5 Å². The molecule has 2 heterocycles. The summed E-state index contributed by atoms with van der Waals surface area (Å²) in [6.07, 6.45) is 1.77. The molecular weight excluding hydrogens is 280 g/mol. The molecule has 1 aromatic heterocycles. The Labute approximate surface area is 130 Å². The van der Waals surface area contributed by atoms with Crippen LogP contribution < -0.4 is 15.0 Å². The zero-order valence-corrected chi connectivity index (χ0v) is 12.7. The van der Waals surface area contributed by atoms with Crippen LogP contribution in [0.3, 0.4) is 0 Å². The van der Waals surface area contributed by atoms with Crippen molar-refractivity contribution in [3.8, 4) is 5.75 Å². The van der Waals surface area contributed by atoms with Gasteiger partial charge in [-0.1, -0.05) is 12.1 Å². The predicted octanol–water partition coefficient (Wildman–Crippen LogP) is 2.46. The van der Waals surface area contributed by atoms with E-state index in [0.717, 1.165) is 36.3 Å². The maximum absolute atomic E-state index is 5.62. The van der Waals surface area contributed by atoms with Crippen molar-refractivity contribution >= 4 is 17.5 Å². The molecule has 0 radical (unpaired) electrons. The molecule has 22 heavy (non-hydrogen) atoms. The molecule has 0 atom stereocenters. The van der Waals surface area contributed by atoms with Crippen LogP contribution in [0.1, 0.15) is 6.92 Å². The van der Waals surface area contributed by atoms with E-state index in [0.29, 0.717) is 19.8 Å². The van der Waals surface area contributed by atoms with Crippen LogP contribution in [-0.2, 0) is 4.74 Å². The van der Waals surface area contributed by atoms with Crippen molar-refractivity contribution in [1.29, 1.82) is 0 Å². The summed E-state index contributed by atoms with van der Waals surface area (Å²) in [5, 5.41) is 3.30. The molecule has 1 N–H and O–H groups in total. The van der Waals surface area contributed by atoms with E-state index in [1.54, 1.807) is 6.20 Å². The summed E-state index contributed by atoms with van der Waals surface area (Å²) in [6, 6.07) is 9.69. The average Bonchev–Trinajstić information content (AvgIpc) is 2.58. The van der Waals surface area contributed by atoms with Gasteiger partial charge in [0.2, 0.25) is 5.95 Å². The number of nitrogens with one attached hydrogen (secondary N) is 1. The summed E-state index contributed by atoms with van der Waals surface area (Å²) >= 11 is 0. The quantitative estimate of drug-likeness (QED) is 0.915. The predicted molar refractivity (Wildman–Crippen MR) is 86.0 cm³/mol. The standard InChI is InChI=1S/C16H20N4O2/c1-2-22-14-6-4-3-5-13(14)18-15-7-8-17-16(19-15)20-9-11-21-12-10-20/h3-8H,2,9-12H2,1H3,(H,17,18,19). The van der Waals surface area contributed by atoms with E-state index in [1.165, 1.54) is 0 Å². The lowest BCUT2D eigenvalue weighted by atomic mass is 10.3. The number of benzene rings is 1. The van der Waals surface area contributed by atoms with Crippen molar-refractivity contribution < 1.29 is 9.47 Å². The molecule has 1 aliphatic rings. The summed E-state index contributed by atoms with van der Waals surface area (Å²) in [5.74, 6) is 2.29. The molecule has 0 amide bonds. The maximum atomic E-state index is 5.62. The van der Waals surface area contributed by atoms with Gasteiger partial charge in [0, 0.05) is 19.3 Å². The number of anilines is 3. The monoisotopic (exact) mass is 300 g/mol. The molecule has 1 fully saturated rings. The maximum Gasteiger partial charge on any atom is 0.227 e. The van der Waals surface area contributed by atoms with E-state index < -0.39 is 0 Å². The highest BCUT2D eigenvalue weighted by Crippen LogP contribution is 2.27. The van der Waals surface area contributed by atoms with Crippen molar-refractivity contribution in [2.24, 2.45) is 0 Å². The largest absolute Gasteiger partial charge is 0.492 e. The first kappa shape index (κ1) is 14.6. The van der Waals surface area contributed by atoms with Crippen molar-refractivity contribution in [2.45, 2.75) is 6.92 Å². The Morgan fingerprint density at radius 2 is 2.05 bits per heavy atom.